The number of rotatable bonds is 3. The average molecular weight is 223 g/mol. The summed E-state index contributed by atoms with van der Waals surface area (Å²) in [6.07, 6.45) is 1.38. The van der Waals surface area contributed by atoms with Gasteiger partial charge >= 0.3 is 5.97 Å². The third kappa shape index (κ3) is 2.16. The Kier molecular flexibility index (Phi) is 2.68. The molecule has 0 saturated heterocycles. The normalized spacial score (nSPS) is 10.1. The van der Waals surface area contributed by atoms with Crippen molar-refractivity contribution in [2.45, 2.75) is 6.61 Å². The van der Waals surface area contributed by atoms with Crippen LogP contribution >= 0.6 is 11.3 Å². The molecule has 2 rings (SSSR count). The highest BCUT2D eigenvalue weighted by atomic mass is 32.1. The summed E-state index contributed by atoms with van der Waals surface area (Å²) in [7, 11) is 0. The Bertz CT molecular complexity index is 450. The number of nitrogen functional groups attached to an aromatic ring is 1. The van der Waals surface area contributed by atoms with E-state index in [9.17, 15) is 4.79 Å². The van der Waals surface area contributed by atoms with Crippen LogP contribution in [-0.4, -0.2) is 16.2 Å². The van der Waals surface area contributed by atoms with Crippen LogP contribution in [0.3, 0.4) is 0 Å². The Balaban J connectivity index is 1.96. The molecule has 0 unspecified atom stereocenters. The highest BCUT2D eigenvalue weighted by Gasteiger charge is 2.13. The fraction of sp³-hybridized carbons (Fsp3) is 0.111. The first-order chi connectivity index (χ1) is 7.27. The number of nitrogens with zero attached hydrogens (tertiary/aromatic N) is 1. The number of carbonyl (C=O) groups is 1. The van der Waals surface area contributed by atoms with Gasteiger partial charge in [-0.25, -0.2) is 4.79 Å². The standard InChI is InChI=1S/C9H9N3O2S/c10-7-4-11-12-8(7)9(13)14-5-6-2-1-3-15-6/h1-4H,5,10H2,(H,11,12). The van der Waals surface area contributed by atoms with Crippen molar-refractivity contribution in [3.8, 4) is 0 Å². The molecular formula is C9H9N3O2S. The first kappa shape index (κ1) is 9.72. The van der Waals surface area contributed by atoms with Gasteiger partial charge in [0.1, 0.15) is 6.61 Å². The fourth-order valence-corrected chi connectivity index (χ4v) is 1.68. The van der Waals surface area contributed by atoms with E-state index in [0.717, 1.165) is 4.88 Å². The smallest absolute Gasteiger partial charge is 0.358 e. The number of esters is 1. The van der Waals surface area contributed by atoms with Gasteiger partial charge in [-0.15, -0.1) is 11.3 Å². The van der Waals surface area contributed by atoms with Crippen LogP contribution in [0.1, 0.15) is 15.4 Å². The number of aromatic nitrogens is 2. The maximum absolute atomic E-state index is 11.5. The van der Waals surface area contributed by atoms with Crippen LogP contribution in [0, 0.1) is 0 Å². The van der Waals surface area contributed by atoms with E-state index in [-0.39, 0.29) is 12.3 Å². The Morgan fingerprint density at radius 3 is 3.13 bits per heavy atom. The monoisotopic (exact) mass is 223 g/mol. The fourth-order valence-electron chi connectivity index (χ4n) is 1.06. The Labute approximate surface area is 89.9 Å². The maximum Gasteiger partial charge on any atom is 0.358 e. The molecule has 3 N–H and O–H groups in total. The number of nitrogens with two attached hydrogens (primary N) is 1. The van der Waals surface area contributed by atoms with Gasteiger partial charge in [-0.1, -0.05) is 6.07 Å². The summed E-state index contributed by atoms with van der Waals surface area (Å²) >= 11 is 1.53. The van der Waals surface area contributed by atoms with Crippen LogP contribution < -0.4 is 5.73 Å². The van der Waals surface area contributed by atoms with Crippen molar-refractivity contribution in [3.63, 3.8) is 0 Å². The van der Waals surface area contributed by atoms with Crippen LogP contribution in [0.15, 0.2) is 23.7 Å². The average Bonchev–Trinajstić information content (AvgIpc) is 2.84. The minimum absolute atomic E-state index is 0.201. The maximum atomic E-state index is 11.5. The van der Waals surface area contributed by atoms with Gasteiger partial charge in [-0.05, 0) is 11.4 Å². The molecule has 5 nitrogen and oxygen atoms in total. The van der Waals surface area contributed by atoms with E-state index in [1.807, 2.05) is 17.5 Å². The van der Waals surface area contributed by atoms with Crippen molar-refractivity contribution in [1.29, 1.82) is 0 Å². The largest absolute Gasteiger partial charge is 0.455 e. The molecule has 0 radical (unpaired) electrons. The van der Waals surface area contributed by atoms with Gasteiger partial charge in [-0.2, -0.15) is 5.10 Å². The summed E-state index contributed by atoms with van der Waals surface area (Å²) in [4.78, 5) is 12.4. The molecule has 2 heterocycles. The highest BCUT2D eigenvalue weighted by molar-refractivity contribution is 7.09. The summed E-state index contributed by atoms with van der Waals surface area (Å²) in [6.45, 7) is 0.259. The number of H-pyrrole nitrogens is 1. The van der Waals surface area contributed by atoms with Crippen LogP contribution in [0.5, 0.6) is 0 Å². The van der Waals surface area contributed by atoms with Crippen molar-refractivity contribution in [2.24, 2.45) is 0 Å². The number of carbonyl (C=O) groups excluding carboxylic acids is 1. The lowest BCUT2D eigenvalue weighted by molar-refractivity contribution is 0.0471. The summed E-state index contributed by atoms with van der Waals surface area (Å²) in [5, 5.41) is 8.05. The van der Waals surface area contributed by atoms with Crippen LogP contribution in [0.4, 0.5) is 5.69 Å². The minimum atomic E-state index is -0.488. The first-order valence-corrected chi connectivity index (χ1v) is 5.13. The molecule has 78 valence electrons. The molecule has 6 heteroatoms. The Morgan fingerprint density at radius 1 is 1.67 bits per heavy atom. The van der Waals surface area contributed by atoms with E-state index < -0.39 is 5.97 Å². The van der Waals surface area contributed by atoms with Crippen molar-refractivity contribution in [3.05, 3.63) is 34.3 Å². The van der Waals surface area contributed by atoms with E-state index in [0.29, 0.717) is 5.69 Å². The topological polar surface area (TPSA) is 81.0 Å². The van der Waals surface area contributed by atoms with E-state index >= 15 is 0 Å². The molecule has 2 aromatic heterocycles. The molecular weight excluding hydrogens is 214 g/mol. The second kappa shape index (κ2) is 4.14. The predicted molar refractivity (Wildman–Crippen MR) is 56.4 cm³/mol. The van der Waals surface area contributed by atoms with Crippen LogP contribution in [0.2, 0.25) is 0 Å². The molecule has 0 fully saturated rings. The molecule has 15 heavy (non-hydrogen) atoms. The highest BCUT2D eigenvalue weighted by Crippen LogP contribution is 2.12. The molecule has 2 aromatic rings. The lowest BCUT2D eigenvalue weighted by Crippen LogP contribution is -2.07. The van der Waals surface area contributed by atoms with Crippen molar-refractivity contribution < 1.29 is 9.53 Å². The van der Waals surface area contributed by atoms with Gasteiger partial charge in [-0.3, -0.25) is 5.10 Å². The third-order valence-corrected chi connectivity index (χ3v) is 2.65. The summed E-state index contributed by atoms with van der Waals surface area (Å²) in [5.74, 6) is -0.488. The molecule has 0 aromatic carbocycles. The number of hydrogen-bond donors (Lipinski definition) is 2. The van der Waals surface area contributed by atoms with Crippen molar-refractivity contribution in [1.82, 2.24) is 10.2 Å². The molecule has 0 aliphatic carbocycles. The molecule has 0 aliphatic heterocycles. The zero-order valence-corrected chi connectivity index (χ0v) is 8.58. The summed E-state index contributed by atoms with van der Waals surface area (Å²) < 4.78 is 5.03. The molecule has 0 spiro atoms. The van der Waals surface area contributed by atoms with E-state index in [1.165, 1.54) is 17.5 Å². The third-order valence-electron chi connectivity index (χ3n) is 1.80. The van der Waals surface area contributed by atoms with Crippen LogP contribution in [0.25, 0.3) is 0 Å². The second-order valence-corrected chi connectivity index (χ2v) is 3.89. The second-order valence-electron chi connectivity index (χ2n) is 2.86. The molecule has 0 atom stereocenters. The van der Waals surface area contributed by atoms with Gasteiger partial charge in [0, 0.05) is 4.88 Å². The molecule has 0 bridgehead atoms. The van der Waals surface area contributed by atoms with Crippen molar-refractivity contribution in [2.75, 3.05) is 5.73 Å². The van der Waals surface area contributed by atoms with Crippen molar-refractivity contribution >= 4 is 23.0 Å². The number of aromatic amines is 1. The number of anilines is 1. The first-order valence-electron chi connectivity index (χ1n) is 4.25. The minimum Gasteiger partial charge on any atom is -0.455 e. The van der Waals surface area contributed by atoms with E-state index in [1.54, 1.807) is 0 Å². The van der Waals surface area contributed by atoms with Gasteiger partial charge in [0.05, 0.1) is 11.9 Å². The molecule has 0 amide bonds. The molecule has 0 saturated carbocycles. The van der Waals surface area contributed by atoms with E-state index in [4.69, 9.17) is 10.5 Å². The number of nitrogens with one attached hydrogen (secondary N) is 1. The van der Waals surface area contributed by atoms with Gasteiger partial charge < -0.3 is 10.5 Å². The molecule has 0 aliphatic rings. The quantitative estimate of drug-likeness (QED) is 0.771. The summed E-state index contributed by atoms with van der Waals surface area (Å²) in [5.41, 5.74) is 6.00. The number of thiophene rings is 1. The zero-order valence-electron chi connectivity index (χ0n) is 7.77. The number of ether oxygens (including phenoxy) is 1. The lowest BCUT2D eigenvalue weighted by atomic mass is 10.4. The Morgan fingerprint density at radius 2 is 2.53 bits per heavy atom. The van der Waals surface area contributed by atoms with Crippen LogP contribution in [-0.2, 0) is 11.3 Å². The lowest BCUT2D eigenvalue weighted by Gasteiger charge is -2.01. The summed E-state index contributed by atoms with van der Waals surface area (Å²) in [6, 6.07) is 3.80. The van der Waals surface area contributed by atoms with Gasteiger partial charge in [0.15, 0.2) is 5.69 Å². The van der Waals surface area contributed by atoms with Gasteiger partial charge in [0.25, 0.3) is 0 Å². The Hall–Kier alpha value is -1.82. The van der Waals surface area contributed by atoms with E-state index in [2.05, 4.69) is 10.2 Å². The predicted octanol–water partition coefficient (Wildman–Crippen LogP) is 1.41. The SMILES string of the molecule is Nc1cn[nH]c1C(=O)OCc1cccs1. The zero-order chi connectivity index (χ0) is 10.7. The van der Waals surface area contributed by atoms with Gasteiger partial charge in [0.2, 0.25) is 0 Å². The number of hydrogen-bond acceptors (Lipinski definition) is 5.